The molecule has 1 atom stereocenters. The predicted molar refractivity (Wildman–Crippen MR) is 73.0 cm³/mol. The fourth-order valence-corrected chi connectivity index (χ4v) is 3.01. The van der Waals surface area contributed by atoms with Crippen LogP contribution >= 0.6 is 12.4 Å². The molecule has 104 valence electrons. The summed E-state index contributed by atoms with van der Waals surface area (Å²) in [5.41, 5.74) is 0. The highest BCUT2D eigenvalue weighted by Gasteiger charge is 2.35. The summed E-state index contributed by atoms with van der Waals surface area (Å²) >= 11 is 0. The molecule has 0 radical (unpaired) electrons. The lowest BCUT2D eigenvalue weighted by molar-refractivity contribution is -0.136. The molecule has 0 aromatic heterocycles. The van der Waals surface area contributed by atoms with E-state index in [0.717, 1.165) is 58.8 Å². The van der Waals surface area contributed by atoms with Crippen molar-refractivity contribution in [3.8, 4) is 0 Å². The first-order chi connectivity index (χ1) is 8.34. The first kappa shape index (κ1) is 14.1. The number of hydrogen-bond acceptors (Lipinski definition) is 4. The Morgan fingerprint density at radius 3 is 2.39 bits per heavy atom. The highest BCUT2D eigenvalue weighted by Crippen LogP contribution is 2.19. The van der Waals surface area contributed by atoms with Gasteiger partial charge in [0.15, 0.2) is 0 Å². The van der Waals surface area contributed by atoms with E-state index in [1.54, 1.807) is 0 Å². The van der Waals surface area contributed by atoms with Gasteiger partial charge in [-0.3, -0.25) is 9.69 Å². The number of amides is 1. The van der Waals surface area contributed by atoms with Gasteiger partial charge in [-0.25, -0.2) is 0 Å². The van der Waals surface area contributed by atoms with Crippen molar-refractivity contribution >= 4 is 18.3 Å². The maximum Gasteiger partial charge on any atom is 0.228 e. The molecule has 6 heteroatoms. The van der Waals surface area contributed by atoms with Gasteiger partial charge in [0.1, 0.15) is 0 Å². The van der Waals surface area contributed by atoms with Gasteiger partial charge in [-0.1, -0.05) is 0 Å². The van der Waals surface area contributed by atoms with Crippen LogP contribution in [-0.4, -0.2) is 74.1 Å². The summed E-state index contributed by atoms with van der Waals surface area (Å²) in [6.45, 7) is 8.14. The first-order valence-corrected chi connectivity index (χ1v) is 6.79. The normalized spacial score (nSPS) is 29.8. The summed E-state index contributed by atoms with van der Waals surface area (Å²) < 4.78 is 0. The second kappa shape index (κ2) is 6.19. The third-order valence-electron chi connectivity index (χ3n) is 4.27. The van der Waals surface area contributed by atoms with E-state index in [9.17, 15) is 4.79 Å². The van der Waals surface area contributed by atoms with Crippen LogP contribution < -0.4 is 10.6 Å². The number of likely N-dealkylation sites (tertiary alicyclic amines) is 1. The maximum absolute atomic E-state index is 12.1. The number of carbonyl (C=O) groups is 1. The average Bonchev–Trinajstić information content (AvgIpc) is 2.77. The quantitative estimate of drug-likeness (QED) is 0.688. The predicted octanol–water partition coefficient (Wildman–Crippen LogP) is -0.866. The highest BCUT2D eigenvalue weighted by molar-refractivity contribution is 5.85. The van der Waals surface area contributed by atoms with E-state index in [1.807, 2.05) is 0 Å². The molecule has 5 nitrogen and oxygen atoms in total. The van der Waals surface area contributed by atoms with Gasteiger partial charge in [-0.05, 0) is 6.42 Å². The van der Waals surface area contributed by atoms with Crippen LogP contribution in [0.4, 0.5) is 0 Å². The molecular formula is C12H23ClN4O. The Bertz CT molecular complexity index is 292. The van der Waals surface area contributed by atoms with Crippen molar-refractivity contribution in [3.63, 3.8) is 0 Å². The van der Waals surface area contributed by atoms with E-state index < -0.39 is 0 Å². The molecule has 3 rings (SSSR count). The molecule has 3 fully saturated rings. The van der Waals surface area contributed by atoms with Gasteiger partial charge in [0.05, 0.1) is 5.92 Å². The van der Waals surface area contributed by atoms with E-state index >= 15 is 0 Å². The number of nitrogens with one attached hydrogen (secondary N) is 2. The Balaban J connectivity index is 0.00000120. The summed E-state index contributed by atoms with van der Waals surface area (Å²) in [4.78, 5) is 16.7. The molecule has 3 heterocycles. The number of halogens is 1. The Labute approximate surface area is 115 Å². The van der Waals surface area contributed by atoms with Crippen LogP contribution in [0.5, 0.6) is 0 Å². The van der Waals surface area contributed by atoms with Gasteiger partial charge in [0.25, 0.3) is 0 Å². The molecule has 0 aromatic rings. The van der Waals surface area contributed by atoms with Gasteiger partial charge in [-0.15, -0.1) is 12.4 Å². The second-order valence-electron chi connectivity index (χ2n) is 5.37. The molecule has 0 bridgehead atoms. The third-order valence-corrected chi connectivity index (χ3v) is 4.27. The number of rotatable bonds is 2. The zero-order chi connectivity index (χ0) is 11.7. The largest absolute Gasteiger partial charge is 0.341 e. The lowest BCUT2D eigenvalue weighted by atomic mass is 10.0. The van der Waals surface area contributed by atoms with E-state index in [2.05, 4.69) is 20.4 Å². The minimum absolute atomic E-state index is 0. The van der Waals surface area contributed by atoms with Crippen LogP contribution in [0.1, 0.15) is 6.42 Å². The van der Waals surface area contributed by atoms with Crippen molar-refractivity contribution in [2.75, 3.05) is 52.4 Å². The number of hydrogen-bond donors (Lipinski definition) is 2. The van der Waals surface area contributed by atoms with Crippen molar-refractivity contribution in [1.82, 2.24) is 20.4 Å². The highest BCUT2D eigenvalue weighted by atomic mass is 35.5. The van der Waals surface area contributed by atoms with E-state index in [-0.39, 0.29) is 18.3 Å². The van der Waals surface area contributed by atoms with Crippen LogP contribution in [0.3, 0.4) is 0 Å². The van der Waals surface area contributed by atoms with Crippen LogP contribution in [0.25, 0.3) is 0 Å². The molecular weight excluding hydrogens is 252 g/mol. The molecule has 1 amide bonds. The molecule has 0 aromatic carbocycles. The van der Waals surface area contributed by atoms with Gasteiger partial charge in [-0.2, -0.15) is 0 Å². The van der Waals surface area contributed by atoms with Gasteiger partial charge >= 0.3 is 0 Å². The number of piperazine rings is 1. The van der Waals surface area contributed by atoms with Crippen molar-refractivity contribution in [3.05, 3.63) is 0 Å². The van der Waals surface area contributed by atoms with Crippen LogP contribution in [0, 0.1) is 5.92 Å². The Morgan fingerprint density at radius 2 is 1.78 bits per heavy atom. The zero-order valence-electron chi connectivity index (χ0n) is 10.7. The van der Waals surface area contributed by atoms with Gasteiger partial charge in [0, 0.05) is 58.4 Å². The SMILES string of the molecule is Cl.O=C(C1CNC1)N1CCC(N2CCNCC2)C1. The third kappa shape index (κ3) is 2.79. The van der Waals surface area contributed by atoms with Gasteiger partial charge in [0.2, 0.25) is 5.91 Å². The van der Waals surface area contributed by atoms with Crippen molar-refractivity contribution < 1.29 is 4.79 Å². The standard InChI is InChI=1S/C12H22N4O.ClH/c17-12(10-7-14-8-10)16-4-1-11(9-16)15-5-2-13-3-6-15;/h10-11,13-14H,1-9H2;1H. The van der Waals surface area contributed by atoms with E-state index in [4.69, 9.17) is 0 Å². The molecule has 0 aliphatic carbocycles. The van der Waals surface area contributed by atoms with Crippen molar-refractivity contribution in [2.45, 2.75) is 12.5 Å². The fraction of sp³-hybridized carbons (Fsp3) is 0.917. The van der Waals surface area contributed by atoms with Crippen LogP contribution in [0.2, 0.25) is 0 Å². The van der Waals surface area contributed by atoms with E-state index in [0.29, 0.717) is 11.9 Å². The Kier molecular flexibility index (Phi) is 4.84. The minimum Gasteiger partial charge on any atom is -0.341 e. The molecule has 0 spiro atoms. The lowest BCUT2D eigenvalue weighted by Crippen LogP contribution is -2.53. The second-order valence-corrected chi connectivity index (χ2v) is 5.37. The summed E-state index contributed by atoms with van der Waals surface area (Å²) in [6, 6.07) is 0.606. The molecule has 2 N–H and O–H groups in total. The van der Waals surface area contributed by atoms with Crippen LogP contribution in [0.15, 0.2) is 0 Å². The summed E-state index contributed by atoms with van der Waals surface area (Å²) in [6.07, 6.45) is 1.16. The Hall–Kier alpha value is -0.360. The topological polar surface area (TPSA) is 47.6 Å². The fourth-order valence-electron chi connectivity index (χ4n) is 3.01. The lowest BCUT2D eigenvalue weighted by Gasteiger charge is -2.33. The molecule has 1 unspecified atom stereocenters. The summed E-state index contributed by atoms with van der Waals surface area (Å²) in [5.74, 6) is 0.637. The maximum atomic E-state index is 12.1. The summed E-state index contributed by atoms with van der Waals surface area (Å²) in [5, 5.41) is 6.55. The molecule has 3 aliphatic rings. The first-order valence-electron chi connectivity index (χ1n) is 6.79. The van der Waals surface area contributed by atoms with Crippen molar-refractivity contribution in [1.29, 1.82) is 0 Å². The molecule has 18 heavy (non-hydrogen) atoms. The van der Waals surface area contributed by atoms with Crippen molar-refractivity contribution in [2.24, 2.45) is 5.92 Å². The van der Waals surface area contributed by atoms with Gasteiger partial charge < -0.3 is 15.5 Å². The average molecular weight is 275 g/mol. The minimum atomic E-state index is 0. The molecule has 0 saturated carbocycles. The molecule has 3 aliphatic heterocycles. The Morgan fingerprint density at radius 1 is 1.06 bits per heavy atom. The number of nitrogens with zero attached hydrogens (tertiary/aromatic N) is 2. The smallest absolute Gasteiger partial charge is 0.228 e. The monoisotopic (exact) mass is 274 g/mol. The molecule has 3 saturated heterocycles. The zero-order valence-corrected chi connectivity index (χ0v) is 11.5. The summed E-state index contributed by atoms with van der Waals surface area (Å²) in [7, 11) is 0. The number of carbonyl (C=O) groups excluding carboxylic acids is 1. The van der Waals surface area contributed by atoms with Crippen LogP contribution in [-0.2, 0) is 4.79 Å². The van der Waals surface area contributed by atoms with E-state index in [1.165, 1.54) is 0 Å².